The van der Waals surface area contributed by atoms with Crippen LogP contribution in [0.25, 0.3) is 0 Å². The Bertz CT molecular complexity index is 1560. The number of anilines is 1. The van der Waals surface area contributed by atoms with E-state index in [1.54, 1.807) is 43.3 Å². The molecule has 0 saturated heterocycles. The lowest BCUT2D eigenvalue weighted by Crippen LogP contribution is -2.52. The first-order valence-corrected chi connectivity index (χ1v) is 15.8. The molecule has 3 aromatic rings. The van der Waals surface area contributed by atoms with Crippen molar-refractivity contribution >= 4 is 49.1 Å². The molecule has 43 heavy (non-hydrogen) atoms. The van der Waals surface area contributed by atoms with E-state index >= 15 is 0 Å². The average molecular weight is 676 g/mol. The quantitative estimate of drug-likeness (QED) is 0.194. The fraction of sp³-hybridized carbons (Fsp3) is 0.333. The van der Waals surface area contributed by atoms with Gasteiger partial charge in [0.15, 0.2) is 0 Å². The number of ether oxygens (including phenoxy) is 1. The predicted octanol–water partition coefficient (Wildman–Crippen LogP) is 5.20. The molecule has 1 N–H and O–H groups in total. The minimum Gasteiger partial charge on any atom is -0.497 e. The summed E-state index contributed by atoms with van der Waals surface area (Å²) in [4.78, 5) is 39.1. The molecule has 0 aliphatic rings. The van der Waals surface area contributed by atoms with E-state index in [-0.39, 0.29) is 40.3 Å². The van der Waals surface area contributed by atoms with E-state index < -0.39 is 33.4 Å². The van der Waals surface area contributed by atoms with Crippen LogP contribution in [0.3, 0.4) is 0 Å². The van der Waals surface area contributed by atoms with E-state index in [9.17, 15) is 28.1 Å². The van der Waals surface area contributed by atoms with Crippen LogP contribution in [0, 0.1) is 17.0 Å². The van der Waals surface area contributed by atoms with E-state index in [1.165, 1.54) is 43.2 Å². The molecule has 11 nitrogen and oxygen atoms in total. The van der Waals surface area contributed by atoms with Gasteiger partial charge in [-0.2, -0.15) is 0 Å². The second-order valence-corrected chi connectivity index (χ2v) is 12.8. The van der Waals surface area contributed by atoms with Crippen molar-refractivity contribution in [2.75, 3.05) is 18.0 Å². The highest BCUT2D eigenvalue weighted by molar-refractivity contribution is 9.10. The summed E-state index contributed by atoms with van der Waals surface area (Å²) in [5.74, 6) is -0.561. The van der Waals surface area contributed by atoms with Crippen LogP contribution >= 0.6 is 15.9 Å². The first kappa shape index (κ1) is 33.5. The minimum absolute atomic E-state index is 0.0354. The van der Waals surface area contributed by atoms with Crippen LogP contribution in [0.1, 0.15) is 38.3 Å². The molecule has 3 aromatic carbocycles. The molecular weight excluding hydrogens is 640 g/mol. The van der Waals surface area contributed by atoms with Gasteiger partial charge in [0.2, 0.25) is 11.8 Å². The summed E-state index contributed by atoms with van der Waals surface area (Å²) in [6, 6.07) is 15.8. The van der Waals surface area contributed by atoms with E-state index in [1.807, 2.05) is 13.8 Å². The van der Waals surface area contributed by atoms with Gasteiger partial charge in [0.05, 0.1) is 22.6 Å². The second-order valence-electron chi connectivity index (χ2n) is 10.1. The Kier molecular flexibility index (Phi) is 11.3. The van der Waals surface area contributed by atoms with E-state index in [4.69, 9.17) is 4.74 Å². The lowest BCUT2D eigenvalue weighted by atomic mass is 10.1. The van der Waals surface area contributed by atoms with Crippen molar-refractivity contribution < 1.29 is 27.7 Å². The van der Waals surface area contributed by atoms with Crippen molar-refractivity contribution in [1.82, 2.24) is 10.2 Å². The van der Waals surface area contributed by atoms with Crippen LogP contribution in [0.4, 0.5) is 11.4 Å². The first-order valence-electron chi connectivity index (χ1n) is 13.5. The van der Waals surface area contributed by atoms with Gasteiger partial charge in [-0.15, -0.1) is 0 Å². The smallest absolute Gasteiger partial charge is 0.273 e. The Balaban J connectivity index is 2.08. The fourth-order valence-corrected chi connectivity index (χ4v) is 5.88. The number of nitrogens with one attached hydrogen (secondary N) is 1. The molecule has 0 radical (unpaired) electrons. The van der Waals surface area contributed by atoms with Gasteiger partial charge in [-0.1, -0.05) is 41.1 Å². The second kappa shape index (κ2) is 14.5. The highest BCUT2D eigenvalue weighted by Gasteiger charge is 2.33. The van der Waals surface area contributed by atoms with Gasteiger partial charge in [-0.3, -0.25) is 24.0 Å². The van der Waals surface area contributed by atoms with Crippen molar-refractivity contribution in [2.45, 2.75) is 57.6 Å². The number of nitro groups is 1. The maximum Gasteiger partial charge on any atom is 0.273 e. The largest absolute Gasteiger partial charge is 0.497 e. The third kappa shape index (κ3) is 8.32. The predicted molar refractivity (Wildman–Crippen MR) is 167 cm³/mol. The number of halogens is 1. The number of benzene rings is 3. The molecule has 0 heterocycles. The van der Waals surface area contributed by atoms with Crippen molar-refractivity contribution in [3.63, 3.8) is 0 Å². The maximum atomic E-state index is 14.0. The van der Waals surface area contributed by atoms with Crippen molar-refractivity contribution in [2.24, 2.45) is 0 Å². The van der Waals surface area contributed by atoms with Crippen LogP contribution in [-0.2, 0) is 26.2 Å². The van der Waals surface area contributed by atoms with Crippen LogP contribution in [0.2, 0.25) is 0 Å². The Morgan fingerprint density at radius 3 is 2.23 bits per heavy atom. The topological polar surface area (TPSA) is 139 Å². The summed E-state index contributed by atoms with van der Waals surface area (Å²) in [7, 11) is -3.03. The summed E-state index contributed by atoms with van der Waals surface area (Å²) in [6.07, 6.45) is 0.686. The van der Waals surface area contributed by atoms with Crippen LogP contribution in [0.15, 0.2) is 76.1 Å². The molecule has 0 spiro atoms. The fourth-order valence-electron chi connectivity index (χ4n) is 4.19. The molecule has 0 aromatic heterocycles. The molecular formula is C30H35BrN4O7S. The molecule has 2 unspecified atom stereocenters. The molecule has 0 aliphatic carbocycles. The van der Waals surface area contributed by atoms with Gasteiger partial charge < -0.3 is 15.0 Å². The lowest BCUT2D eigenvalue weighted by Gasteiger charge is -2.32. The number of sulfonamides is 1. The highest BCUT2D eigenvalue weighted by Crippen LogP contribution is 2.29. The number of carbonyl (C=O) groups is 2. The molecule has 0 fully saturated rings. The Hall–Kier alpha value is -3.97. The van der Waals surface area contributed by atoms with Gasteiger partial charge >= 0.3 is 0 Å². The summed E-state index contributed by atoms with van der Waals surface area (Å²) >= 11 is 3.39. The highest BCUT2D eigenvalue weighted by atomic mass is 79.9. The van der Waals surface area contributed by atoms with Crippen LogP contribution < -0.4 is 14.4 Å². The Labute approximate surface area is 260 Å². The Morgan fingerprint density at radius 1 is 1.05 bits per heavy atom. The number of hydrogen-bond donors (Lipinski definition) is 1. The number of methoxy groups -OCH3 is 1. The third-order valence-corrected chi connectivity index (χ3v) is 9.34. The lowest BCUT2D eigenvalue weighted by molar-refractivity contribution is -0.385. The molecule has 230 valence electrons. The normalized spacial score (nSPS) is 12.6. The van der Waals surface area contributed by atoms with E-state index in [0.717, 1.165) is 20.4 Å². The number of carbonyl (C=O) groups excluding carboxylic acids is 2. The summed E-state index contributed by atoms with van der Waals surface area (Å²) in [5.41, 5.74) is 0.789. The number of nitrogens with zero attached hydrogens (tertiary/aromatic N) is 3. The zero-order valence-corrected chi connectivity index (χ0v) is 27.0. The SMILES string of the molecule is CCC(C)NC(=O)C(C)N(Cc1ccc(Br)cc1)C(=O)CN(c1ccc(OC)cc1)S(=O)(=O)c1ccc(C)c([N+](=O)[O-])c1. The van der Waals surface area contributed by atoms with Gasteiger partial charge in [0, 0.05) is 28.7 Å². The molecule has 13 heteroatoms. The summed E-state index contributed by atoms with van der Waals surface area (Å²) in [5, 5.41) is 14.5. The van der Waals surface area contributed by atoms with Crippen LogP contribution in [-0.4, -0.2) is 55.8 Å². The summed E-state index contributed by atoms with van der Waals surface area (Å²) in [6.45, 7) is 6.23. The average Bonchev–Trinajstić information content (AvgIpc) is 2.98. The number of amides is 2. The van der Waals surface area contributed by atoms with Crippen LogP contribution in [0.5, 0.6) is 5.75 Å². The first-order chi connectivity index (χ1) is 20.3. The number of rotatable bonds is 13. The third-order valence-electron chi connectivity index (χ3n) is 7.04. The Morgan fingerprint density at radius 2 is 1.67 bits per heavy atom. The van der Waals surface area contributed by atoms with Crippen molar-refractivity contribution in [3.8, 4) is 5.75 Å². The molecule has 3 rings (SSSR count). The summed E-state index contributed by atoms with van der Waals surface area (Å²) < 4.78 is 35.0. The molecule has 2 amide bonds. The van der Waals surface area contributed by atoms with Crippen molar-refractivity contribution in [3.05, 3.63) is 92.4 Å². The maximum absolute atomic E-state index is 14.0. The zero-order valence-electron chi connectivity index (χ0n) is 24.6. The minimum atomic E-state index is -4.49. The van der Waals surface area contributed by atoms with Crippen molar-refractivity contribution in [1.29, 1.82) is 0 Å². The number of hydrogen-bond acceptors (Lipinski definition) is 7. The standard InChI is InChI=1S/C30H35BrN4O7S/c1-6-21(3)32-30(37)22(4)33(18-23-8-10-24(31)11-9-23)29(36)19-34(25-12-14-26(42-5)15-13-25)43(40,41)27-16-7-20(2)28(17-27)35(38)39/h7-17,21-22H,6,18-19H2,1-5H3,(H,32,37). The molecule has 0 saturated carbocycles. The van der Waals surface area contributed by atoms with E-state index in [0.29, 0.717) is 12.2 Å². The monoisotopic (exact) mass is 674 g/mol. The van der Waals surface area contributed by atoms with Gasteiger partial charge in [0.1, 0.15) is 18.3 Å². The molecule has 2 atom stereocenters. The van der Waals surface area contributed by atoms with Gasteiger partial charge in [-0.05, 0) is 75.2 Å². The number of aryl methyl sites for hydroxylation is 1. The van der Waals surface area contributed by atoms with Gasteiger partial charge in [-0.25, -0.2) is 8.42 Å². The number of nitro benzene ring substituents is 1. The molecule has 0 aliphatic heterocycles. The molecule has 0 bridgehead atoms. The van der Waals surface area contributed by atoms with E-state index in [2.05, 4.69) is 21.2 Å². The van der Waals surface area contributed by atoms with Gasteiger partial charge in [0.25, 0.3) is 15.7 Å². The zero-order chi connectivity index (χ0) is 31.9.